The summed E-state index contributed by atoms with van der Waals surface area (Å²) in [5.74, 6) is 0. The fourth-order valence-corrected chi connectivity index (χ4v) is 5.23. The number of nitrogens with one attached hydrogen (secondary N) is 1. The molecule has 1 aliphatic heterocycles. The lowest BCUT2D eigenvalue weighted by molar-refractivity contribution is 0.280. The van der Waals surface area contributed by atoms with Crippen LogP contribution in [0.15, 0.2) is 60.3 Å². The summed E-state index contributed by atoms with van der Waals surface area (Å²) in [5.41, 5.74) is 4.57. The summed E-state index contributed by atoms with van der Waals surface area (Å²) in [7, 11) is 0. The molecule has 0 aromatic carbocycles. The zero-order valence-electron chi connectivity index (χ0n) is 20.5. The highest BCUT2D eigenvalue weighted by Crippen LogP contribution is 2.33. The Morgan fingerprint density at radius 3 is 2.22 bits per heavy atom. The van der Waals surface area contributed by atoms with E-state index in [1.54, 1.807) is 11.4 Å². The van der Waals surface area contributed by atoms with Crippen molar-refractivity contribution in [1.82, 2.24) is 15.1 Å². The van der Waals surface area contributed by atoms with E-state index in [1.165, 1.54) is 109 Å². The molecular formula is C29H47N3. The number of allylic oxidation sites excluding steroid dienone is 7. The smallest absolute Gasteiger partial charge is 0.0940 e. The van der Waals surface area contributed by atoms with Gasteiger partial charge in [-0.1, -0.05) is 88.7 Å². The summed E-state index contributed by atoms with van der Waals surface area (Å²) in [6.07, 6.45) is 34.3. The number of hydrogen-bond donors (Lipinski definition) is 1. The lowest BCUT2D eigenvalue weighted by Gasteiger charge is -2.23. The maximum absolute atomic E-state index is 4.06. The summed E-state index contributed by atoms with van der Waals surface area (Å²) in [6.45, 7) is 7.46. The van der Waals surface area contributed by atoms with Crippen molar-refractivity contribution in [3.8, 4) is 0 Å². The van der Waals surface area contributed by atoms with Gasteiger partial charge in [-0.25, -0.2) is 0 Å². The fourth-order valence-electron chi connectivity index (χ4n) is 5.23. The van der Waals surface area contributed by atoms with E-state index in [-0.39, 0.29) is 0 Å². The molecule has 0 unspecified atom stereocenters. The third kappa shape index (κ3) is 8.56. The minimum Gasteiger partial charge on any atom is -0.388 e. The third-order valence-corrected chi connectivity index (χ3v) is 7.13. The van der Waals surface area contributed by atoms with Gasteiger partial charge >= 0.3 is 0 Å². The van der Waals surface area contributed by atoms with Crippen molar-refractivity contribution in [1.29, 1.82) is 0 Å². The highest BCUT2D eigenvalue weighted by atomic mass is 15.4. The van der Waals surface area contributed by atoms with Crippen LogP contribution in [0.4, 0.5) is 0 Å². The lowest BCUT2D eigenvalue weighted by Crippen LogP contribution is -2.25. The monoisotopic (exact) mass is 437 g/mol. The molecular weight excluding hydrogens is 390 g/mol. The van der Waals surface area contributed by atoms with E-state index < -0.39 is 0 Å². The number of unbranched alkanes of at least 4 members (excludes halogenated alkanes) is 8. The van der Waals surface area contributed by atoms with Crippen LogP contribution in [0.2, 0.25) is 0 Å². The van der Waals surface area contributed by atoms with Gasteiger partial charge in [0.25, 0.3) is 0 Å². The largest absolute Gasteiger partial charge is 0.388 e. The van der Waals surface area contributed by atoms with Crippen molar-refractivity contribution in [3.63, 3.8) is 0 Å². The highest BCUT2D eigenvalue weighted by Gasteiger charge is 2.26. The van der Waals surface area contributed by atoms with E-state index in [9.17, 15) is 0 Å². The van der Waals surface area contributed by atoms with Gasteiger partial charge in [0.1, 0.15) is 0 Å². The zero-order valence-corrected chi connectivity index (χ0v) is 20.5. The minimum absolute atomic E-state index is 1.04. The maximum Gasteiger partial charge on any atom is 0.0940 e. The second kappa shape index (κ2) is 15.0. The van der Waals surface area contributed by atoms with Gasteiger partial charge in [0, 0.05) is 36.6 Å². The van der Waals surface area contributed by atoms with Crippen LogP contribution in [0.3, 0.4) is 0 Å². The van der Waals surface area contributed by atoms with Gasteiger partial charge < -0.3 is 15.1 Å². The van der Waals surface area contributed by atoms with Crippen LogP contribution in [0, 0.1) is 0 Å². The molecule has 32 heavy (non-hydrogen) atoms. The second-order valence-corrected chi connectivity index (χ2v) is 9.68. The molecule has 0 bridgehead atoms. The molecule has 0 aromatic heterocycles. The zero-order chi connectivity index (χ0) is 22.3. The average molecular weight is 438 g/mol. The summed E-state index contributed by atoms with van der Waals surface area (Å²) in [4.78, 5) is 5.08. The van der Waals surface area contributed by atoms with Crippen molar-refractivity contribution in [3.05, 3.63) is 60.3 Å². The molecule has 0 aromatic rings. The van der Waals surface area contributed by atoms with Gasteiger partial charge in [-0.05, 0) is 50.8 Å². The van der Waals surface area contributed by atoms with Crippen LogP contribution in [-0.4, -0.2) is 29.6 Å². The number of hydrogen-bond acceptors (Lipinski definition) is 3. The average Bonchev–Trinajstić information content (AvgIpc) is 2.93. The second-order valence-electron chi connectivity index (χ2n) is 9.68. The number of nitrogens with zero attached hydrogens (tertiary/aromatic N) is 2. The quantitative estimate of drug-likeness (QED) is 0.280. The van der Waals surface area contributed by atoms with Crippen molar-refractivity contribution < 1.29 is 0 Å². The Bertz CT molecular complexity index is 670. The van der Waals surface area contributed by atoms with Crippen LogP contribution >= 0.6 is 0 Å². The van der Waals surface area contributed by atoms with E-state index in [2.05, 4.69) is 58.3 Å². The van der Waals surface area contributed by atoms with E-state index >= 15 is 0 Å². The predicted octanol–water partition coefficient (Wildman–Crippen LogP) is 7.77. The van der Waals surface area contributed by atoms with E-state index in [0.717, 1.165) is 19.6 Å². The molecule has 0 saturated carbocycles. The first kappa shape index (κ1) is 24.7. The normalized spacial score (nSPS) is 18.8. The molecule has 3 aliphatic rings. The Balaban J connectivity index is 1.17. The molecule has 0 saturated heterocycles. The lowest BCUT2D eigenvalue weighted by atomic mass is 10.0. The maximum atomic E-state index is 4.06. The Morgan fingerprint density at radius 2 is 1.47 bits per heavy atom. The van der Waals surface area contributed by atoms with Crippen molar-refractivity contribution in [2.45, 2.75) is 103 Å². The molecule has 3 rings (SSSR count). The van der Waals surface area contributed by atoms with Crippen LogP contribution in [-0.2, 0) is 0 Å². The SMILES string of the molecule is C=CN1CN(CCCCCCCCCCCNC2=CC=CC=CC2)C2=C1CCCCCC2. The van der Waals surface area contributed by atoms with Gasteiger partial charge in [0.05, 0.1) is 6.67 Å². The van der Waals surface area contributed by atoms with Gasteiger partial charge in [0.2, 0.25) is 0 Å². The summed E-state index contributed by atoms with van der Waals surface area (Å²) in [6, 6.07) is 0. The van der Waals surface area contributed by atoms with Crippen molar-refractivity contribution in [2.24, 2.45) is 0 Å². The molecule has 1 N–H and O–H groups in total. The summed E-state index contributed by atoms with van der Waals surface area (Å²) >= 11 is 0. The summed E-state index contributed by atoms with van der Waals surface area (Å²) < 4.78 is 0. The molecule has 0 amide bonds. The molecule has 0 spiro atoms. The molecule has 0 radical (unpaired) electrons. The Hall–Kier alpha value is -1.90. The predicted molar refractivity (Wildman–Crippen MR) is 139 cm³/mol. The third-order valence-electron chi connectivity index (χ3n) is 7.13. The van der Waals surface area contributed by atoms with Gasteiger partial charge in [-0.3, -0.25) is 0 Å². The molecule has 2 aliphatic carbocycles. The van der Waals surface area contributed by atoms with Gasteiger partial charge in [-0.15, -0.1) is 0 Å². The van der Waals surface area contributed by atoms with Crippen molar-refractivity contribution >= 4 is 0 Å². The first-order chi connectivity index (χ1) is 15.9. The minimum atomic E-state index is 1.04. The standard InChI is InChI=1S/C29H47N3/c1-2-31-26-32(29-23-17-11-10-16-22-28(29)31)25-19-13-7-5-3-4-6-12-18-24-30-27-20-14-8-9-15-21-27/h2,8-9,14-15,20,30H,1,3-7,10-13,16-19,21-26H2. The van der Waals surface area contributed by atoms with Gasteiger partial charge in [0.15, 0.2) is 0 Å². The van der Waals surface area contributed by atoms with Crippen molar-refractivity contribution in [2.75, 3.05) is 19.8 Å². The first-order valence-corrected chi connectivity index (χ1v) is 13.5. The Kier molecular flexibility index (Phi) is 11.6. The Morgan fingerprint density at radius 1 is 0.781 bits per heavy atom. The van der Waals surface area contributed by atoms with Crippen LogP contribution in [0.25, 0.3) is 0 Å². The molecule has 3 heteroatoms. The fraction of sp³-hybridized carbons (Fsp3) is 0.655. The van der Waals surface area contributed by atoms with E-state index in [1.807, 2.05) is 0 Å². The van der Waals surface area contributed by atoms with Crippen LogP contribution in [0.1, 0.15) is 103 Å². The molecule has 0 fully saturated rings. The number of rotatable bonds is 14. The topological polar surface area (TPSA) is 18.5 Å². The van der Waals surface area contributed by atoms with Crippen LogP contribution < -0.4 is 5.32 Å². The van der Waals surface area contributed by atoms with E-state index in [4.69, 9.17) is 0 Å². The molecule has 178 valence electrons. The summed E-state index contributed by atoms with van der Waals surface area (Å²) in [5, 5.41) is 3.58. The molecule has 0 atom stereocenters. The molecule has 1 heterocycles. The van der Waals surface area contributed by atoms with Crippen LogP contribution in [0.5, 0.6) is 0 Å². The first-order valence-electron chi connectivity index (χ1n) is 13.5. The van der Waals surface area contributed by atoms with Gasteiger partial charge in [-0.2, -0.15) is 0 Å². The van der Waals surface area contributed by atoms with E-state index in [0.29, 0.717) is 0 Å². The Labute approximate surface area is 198 Å². The highest BCUT2D eigenvalue weighted by molar-refractivity contribution is 5.22. The molecule has 3 nitrogen and oxygen atoms in total.